The van der Waals surface area contributed by atoms with Gasteiger partial charge in [-0.3, -0.25) is 4.79 Å². The Labute approximate surface area is 86.1 Å². The third-order valence-electron chi connectivity index (χ3n) is 3.83. The first-order chi connectivity index (χ1) is 6.68. The summed E-state index contributed by atoms with van der Waals surface area (Å²) in [5.74, 6) is 0.385. The largest absolute Gasteiger partial charge is 0.345 e. The van der Waals surface area contributed by atoms with Crippen molar-refractivity contribution in [3.63, 3.8) is 0 Å². The molecule has 0 bridgehead atoms. The Morgan fingerprint density at radius 1 is 1.36 bits per heavy atom. The van der Waals surface area contributed by atoms with Gasteiger partial charge >= 0.3 is 0 Å². The number of piperidine rings is 1. The minimum atomic E-state index is -0.0109. The van der Waals surface area contributed by atoms with Gasteiger partial charge in [-0.2, -0.15) is 0 Å². The maximum absolute atomic E-state index is 12.0. The van der Waals surface area contributed by atoms with E-state index in [2.05, 4.69) is 11.8 Å². The van der Waals surface area contributed by atoms with Crippen molar-refractivity contribution >= 4 is 5.91 Å². The number of amides is 1. The molecule has 0 aromatic rings. The van der Waals surface area contributed by atoms with E-state index in [9.17, 15) is 4.79 Å². The predicted octanol–water partition coefficient (Wildman–Crippen LogP) is 0.951. The van der Waals surface area contributed by atoms with Crippen LogP contribution < -0.4 is 0 Å². The monoisotopic (exact) mass is 196 g/mol. The summed E-state index contributed by atoms with van der Waals surface area (Å²) in [6.07, 6.45) is 3.36. The molecule has 2 aliphatic heterocycles. The van der Waals surface area contributed by atoms with Gasteiger partial charge in [0.15, 0.2) is 0 Å². The first-order valence-electron chi connectivity index (χ1n) is 5.66. The van der Waals surface area contributed by atoms with Crippen molar-refractivity contribution in [3.8, 4) is 0 Å². The van der Waals surface area contributed by atoms with Crippen LogP contribution >= 0.6 is 0 Å². The van der Waals surface area contributed by atoms with E-state index in [0.717, 1.165) is 32.5 Å². The molecule has 1 amide bonds. The standard InChI is InChI=1S/C11H20N2O/c1-3-13-7-4-5-11(9-13)6-8-12(2)10(11)14/h3-9H2,1-2H3. The van der Waals surface area contributed by atoms with Crippen molar-refractivity contribution in [2.45, 2.75) is 26.2 Å². The number of hydrogen-bond donors (Lipinski definition) is 0. The van der Waals surface area contributed by atoms with Crippen LogP contribution in [0.1, 0.15) is 26.2 Å². The molecule has 2 heterocycles. The highest BCUT2D eigenvalue weighted by Crippen LogP contribution is 2.39. The quantitative estimate of drug-likeness (QED) is 0.623. The van der Waals surface area contributed by atoms with E-state index in [-0.39, 0.29) is 5.41 Å². The number of carbonyl (C=O) groups is 1. The summed E-state index contributed by atoms with van der Waals surface area (Å²) >= 11 is 0. The minimum absolute atomic E-state index is 0.0109. The molecule has 0 aromatic carbocycles. The molecule has 2 aliphatic rings. The van der Waals surface area contributed by atoms with Gasteiger partial charge in [0.2, 0.25) is 5.91 Å². The van der Waals surface area contributed by atoms with Gasteiger partial charge in [-0.25, -0.2) is 0 Å². The van der Waals surface area contributed by atoms with E-state index in [0.29, 0.717) is 5.91 Å². The lowest BCUT2D eigenvalue weighted by Crippen LogP contribution is -2.47. The summed E-state index contributed by atoms with van der Waals surface area (Å²) < 4.78 is 0. The summed E-state index contributed by atoms with van der Waals surface area (Å²) in [6.45, 7) is 6.39. The predicted molar refractivity (Wildman–Crippen MR) is 56.0 cm³/mol. The first kappa shape index (κ1) is 9.97. The van der Waals surface area contributed by atoms with Crippen molar-refractivity contribution in [1.82, 2.24) is 9.80 Å². The fourth-order valence-corrected chi connectivity index (χ4v) is 2.87. The molecule has 0 aromatic heterocycles. The lowest BCUT2D eigenvalue weighted by molar-refractivity contribution is -0.137. The molecule has 1 spiro atoms. The van der Waals surface area contributed by atoms with Gasteiger partial charge < -0.3 is 9.80 Å². The first-order valence-corrected chi connectivity index (χ1v) is 5.66. The van der Waals surface area contributed by atoms with Crippen LogP contribution in [0.2, 0.25) is 0 Å². The van der Waals surface area contributed by atoms with Gasteiger partial charge in [0.05, 0.1) is 5.41 Å². The van der Waals surface area contributed by atoms with Crippen molar-refractivity contribution in [2.24, 2.45) is 5.41 Å². The molecule has 0 radical (unpaired) electrons. The van der Waals surface area contributed by atoms with Crippen molar-refractivity contribution in [3.05, 3.63) is 0 Å². The zero-order chi connectivity index (χ0) is 10.2. The van der Waals surface area contributed by atoms with Crippen molar-refractivity contribution in [1.29, 1.82) is 0 Å². The molecular weight excluding hydrogens is 176 g/mol. The third-order valence-corrected chi connectivity index (χ3v) is 3.83. The summed E-state index contributed by atoms with van der Waals surface area (Å²) in [7, 11) is 1.93. The summed E-state index contributed by atoms with van der Waals surface area (Å²) in [5, 5.41) is 0. The van der Waals surface area contributed by atoms with E-state index in [4.69, 9.17) is 0 Å². The molecule has 80 valence electrons. The Bertz CT molecular complexity index is 237. The number of nitrogens with zero attached hydrogens (tertiary/aromatic N) is 2. The Morgan fingerprint density at radius 3 is 2.71 bits per heavy atom. The highest BCUT2D eigenvalue weighted by atomic mass is 16.2. The normalized spacial score (nSPS) is 34.4. The molecule has 0 aliphatic carbocycles. The lowest BCUT2D eigenvalue weighted by Gasteiger charge is -2.38. The van der Waals surface area contributed by atoms with Gasteiger partial charge in [-0.15, -0.1) is 0 Å². The summed E-state index contributed by atoms with van der Waals surface area (Å²) in [6, 6.07) is 0. The Balaban J connectivity index is 2.12. The molecule has 1 unspecified atom stereocenters. The molecule has 0 saturated carbocycles. The van der Waals surface area contributed by atoms with Gasteiger partial charge in [0, 0.05) is 20.1 Å². The van der Waals surface area contributed by atoms with E-state index in [1.165, 1.54) is 13.0 Å². The van der Waals surface area contributed by atoms with E-state index < -0.39 is 0 Å². The number of likely N-dealkylation sites (tertiary alicyclic amines) is 2. The summed E-state index contributed by atoms with van der Waals surface area (Å²) in [4.78, 5) is 16.4. The maximum Gasteiger partial charge on any atom is 0.229 e. The maximum atomic E-state index is 12.0. The SMILES string of the molecule is CCN1CCCC2(CCN(C)C2=O)C1. The number of hydrogen-bond acceptors (Lipinski definition) is 2. The second-order valence-electron chi connectivity index (χ2n) is 4.73. The van der Waals surface area contributed by atoms with Crippen LogP contribution in [0.25, 0.3) is 0 Å². The van der Waals surface area contributed by atoms with Gasteiger partial charge in [-0.1, -0.05) is 6.92 Å². The molecule has 2 fully saturated rings. The molecule has 2 saturated heterocycles. The van der Waals surface area contributed by atoms with Crippen LogP contribution in [-0.2, 0) is 4.79 Å². The van der Waals surface area contributed by atoms with Crippen molar-refractivity contribution < 1.29 is 4.79 Å². The molecule has 0 N–H and O–H groups in total. The average Bonchev–Trinajstić information content (AvgIpc) is 2.48. The second-order valence-corrected chi connectivity index (χ2v) is 4.73. The van der Waals surface area contributed by atoms with Crippen LogP contribution in [0, 0.1) is 5.41 Å². The van der Waals surface area contributed by atoms with Crippen LogP contribution in [-0.4, -0.2) is 48.9 Å². The van der Waals surface area contributed by atoms with Crippen LogP contribution in [0.15, 0.2) is 0 Å². The minimum Gasteiger partial charge on any atom is -0.345 e. The van der Waals surface area contributed by atoms with E-state index in [1.807, 2.05) is 11.9 Å². The molecule has 3 heteroatoms. The van der Waals surface area contributed by atoms with E-state index >= 15 is 0 Å². The zero-order valence-corrected chi connectivity index (χ0v) is 9.25. The fourth-order valence-electron chi connectivity index (χ4n) is 2.87. The zero-order valence-electron chi connectivity index (χ0n) is 9.25. The number of carbonyl (C=O) groups excluding carboxylic acids is 1. The topological polar surface area (TPSA) is 23.6 Å². The van der Waals surface area contributed by atoms with Gasteiger partial charge in [0.25, 0.3) is 0 Å². The highest BCUT2D eigenvalue weighted by molar-refractivity contribution is 5.85. The lowest BCUT2D eigenvalue weighted by atomic mass is 9.78. The van der Waals surface area contributed by atoms with Crippen molar-refractivity contribution in [2.75, 3.05) is 33.2 Å². The van der Waals surface area contributed by atoms with Crippen LogP contribution in [0.5, 0.6) is 0 Å². The van der Waals surface area contributed by atoms with Gasteiger partial charge in [0.1, 0.15) is 0 Å². The molecule has 3 nitrogen and oxygen atoms in total. The second kappa shape index (κ2) is 3.54. The Kier molecular flexibility index (Phi) is 2.52. The van der Waals surface area contributed by atoms with Gasteiger partial charge in [-0.05, 0) is 32.4 Å². The fraction of sp³-hybridized carbons (Fsp3) is 0.909. The smallest absolute Gasteiger partial charge is 0.229 e. The Morgan fingerprint density at radius 2 is 2.14 bits per heavy atom. The van der Waals surface area contributed by atoms with Crippen LogP contribution in [0.4, 0.5) is 0 Å². The Hall–Kier alpha value is -0.570. The average molecular weight is 196 g/mol. The molecular formula is C11H20N2O. The highest BCUT2D eigenvalue weighted by Gasteiger charge is 2.47. The number of rotatable bonds is 1. The van der Waals surface area contributed by atoms with Crippen LogP contribution in [0.3, 0.4) is 0 Å². The van der Waals surface area contributed by atoms with E-state index in [1.54, 1.807) is 0 Å². The summed E-state index contributed by atoms with van der Waals surface area (Å²) in [5.41, 5.74) is -0.0109. The third kappa shape index (κ3) is 1.44. The molecule has 14 heavy (non-hydrogen) atoms. The molecule has 1 atom stereocenters. The molecule has 2 rings (SSSR count).